The molecule has 0 aliphatic heterocycles. The lowest BCUT2D eigenvalue weighted by molar-refractivity contribution is 0.317. The van der Waals surface area contributed by atoms with E-state index in [-0.39, 0.29) is 11.8 Å². The molecular formula is C24H21NO. The first-order valence-corrected chi connectivity index (χ1v) is 8.94. The molecule has 128 valence electrons. The van der Waals surface area contributed by atoms with Crippen molar-refractivity contribution in [2.45, 2.75) is 18.3 Å². The Bertz CT molecular complexity index is 914. The van der Waals surface area contributed by atoms with Gasteiger partial charge in [0.25, 0.3) is 0 Å². The van der Waals surface area contributed by atoms with E-state index in [4.69, 9.17) is 0 Å². The van der Waals surface area contributed by atoms with Gasteiger partial charge in [-0.05, 0) is 28.3 Å². The van der Waals surface area contributed by atoms with E-state index in [0.29, 0.717) is 0 Å². The normalized spacial score (nSPS) is 21.4. The van der Waals surface area contributed by atoms with E-state index in [2.05, 4.69) is 84.0 Å². The minimum Gasteiger partial charge on any atom is -0.411 e. The summed E-state index contributed by atoms with van der Waals surface area (Å²) in [5, 5.41) is 13.1. The molecule has 0 aromatic heterocycles. The van der Waals surface area contributed by atoms with E-state index in [1.165, 1.54) is 22.3 Å². The fourth-order valence-electron chi connectivity index (χ4n) is 3.93. The zero-order valence-electron chi connectivity index (χ0n) is 14.5. The lowest BCUT2D eigenvalue weighted by Gasteiger charge is -2.34. The van der Waals surface area contributed by atoms with Crippen LogP contribution < -0.4 is 0 Å². The Morgan fingerprint density at radius 2 is 1.23 bits per heavy atom. The summed E-state index contributed by atoms with van der Waals surface area (Å²) < 4.78 is 0. The van der Waals surface area contributed by atoms with Crippen LogP contribution in [0, 0.1) is 0 Å². The first kappa shape index (κ1) is 16.3. The molecule has 0 spiro atoms. The number of hydrogen-bond donors (Lipinski definition) is 1. The highest BCUT2D eigenvalue weighted by molar-refractivity contribution is 6.04. The molecule has 0 saturated carbocycles. The van der Waals surface area contributed by atoms with Gasteiger partial charge in [0.2, 0.25) is 0 Å². The monoisotopic (exact) mass is 339 g/mol. The molecule has 1 aliphatic carbocycles. The molecule has 26 heavy (non-hydrogen) atoms. The maximum absolute atomic E-state index is 9.52. The summed E-state index contributed by atoms with van der Waals surface area (Å²) in [4.78, 5) is 0. The van der Waals surface area contributed by atoms with Gasteiger partial charge in [-0.15, -0.1) is 0 Å². The fraction of sp³-hybridized carbons (Fsp3) is 0.125. The molecule has 1 aliphatic rings. The number of oxime groups is 1. The zero-order chi connectivity index (χ0) is 17.8. The second-order valence-corrected chi connectivity index (χ2v) is 6.67. The van der Waals surface area contributed by atoms with Crippen molar-refractivity contribution in [1.82, 2.24) is 0 Å². The molecule has 0 radical (unpaired) electrons. The minimum absolute atomic E-state index is 0.214. The van der Waals surface area contributed by atoms with Gasteiger partial charge in [-0.1, -0.05) is 96.2 Å². The molecular weight excluding hydrogens is 318 g/mol. The SMILES string of the molecule is O/N=C1/C=C(c2ccccc2)[C@H](c2ccccc2)[C@@H](c2ccccc2)C1. The van der Waals surface area contributed by atoms with E-state index in [1.54, 1.807) is 0 Å². The maximum atomic E-state index is 9.52. The van der Waals surface area contributed by atoms with Gasteiger partial charge in [-0.25, -0.2) is 0 Å². The quantitative estimate of drug-likeness (QED) is 0.469. The van der Waals surface area contributed by atoms with Crippen LogP contribution in [0.4, 0.5) is 0 Å². The predicted molar refractivity (Wildman–Crippen MR) is 107 cm³/mol. The highest BCUT2D eigenvalue weighted by Gasteiger charge is 2.33. The van der Waals surface area contributed by atoms with Crippen LogP contribution in [0.15, 0.2) is 102 Å². The minimum atomic E-state index is 0.214. The van der Waals surface area contributed by atoms with Gasteiger partial charge in [0, 0.05) is 18.3 Å². The van der Waals surface area contributed by atoms with Crippen molar-refractivity contribution in [1.29, 1.82) is 0 Å². The second-order valence-electron chi connectivity index (χ2n) is 6.67. The molecule has 0 unspecified atom stereocenters. The van der Waals surface area contributed by atoms with Crippen LogP contribution in [0.2, 0.25) is 0 Å². The van der Waals surface area contributed by atoms with Gasteiger partial charge >= 0.3 is 0 Å². The Balaban J connectivity index is 1.90. The Hall–Kier alpha value is -3.13. The molecule has 0 bridgehead atoms. The Morgan fingerprint density at radius 3 is 1.81 bits per heavy atom. The predicted octanol–water partition coefficient (Wildman–Crippen LogP) is 5.87. The number of allylic oxidation sites excluding steroid dienone is 2. The van der Waals surface area contributed by atoms with Crippen molar-refractivity contribution in [3.05, 3.63) is 114 Å². The van der Waals surface area contributed by atoms with Crippen LogP contribution in [0.1, 0.15) is 34.9 Å². The van der Waals surface area contributed by atoms with Crippen molar-refractivity contribution in [2.75, 3.05) is 0 Å². The first-order chi connectivity index (χ1) is 12.9. The number of benzene rings is 3. The summed E-state index contributed by atoms with van der Waals surface area (Å²) in [5.41, 5.74) is 5.65. The van der Waals surface area contributed by atoms with Gasteiger partial charge in [0.15, 0.2) is 0 Å². The average molecular weight is 339 g/mol. The molecule has 3 aromatic rings. The van der Waals surface area contributed by atoms with Gasteiger partial charge in [0.1, 0.15) is 0 Å². The molecule has 0 heterocycles. The topological polar surface area (TPSA) is 32.6 Å². The van der Waals surface area contributed by atoms with Crippen LogP contribution in [-0.4, -0.2) is 10.9 Å². The third-order valence-corrected chi connectivity index (χ3v) is 5.11. The van der Waals surface area contributed by atoms with E-state index in [0.717, 1.165) is 12.1 Å². The van der Waals surface area contributed by atoms with Crippen molar-refractivity contribution >= 4 is 11.3 Å². The average Bonchev–Trinajstić information content (AvgIpc) is 2.74. The largest absolute Gasteiger partial charge is 0.411 e. The molecule has 0 amide bonds. The summed E-state index contributed by atoms with van der Waals surface area (Å²) in [7, 11) is 0. The van der Waals surface area contributed by atoms with Crippen molar-refractivity contribution in [3.63, 3.8) is 0 Å². The van der Waals surface area contributed by atoms with Crippen molar-refractivity contribution < 1.29 is 5.21 Å². The number of nitrogens with zero attached hydrogens (tertiary/aromatic N) is 1. The molecule has 2 heteroatoms. The fourth-order valence-corrected chi connectivity index (χ4v) is 3.93. The summed E-state index contributed by atoms with van der Waals surface area (Å²) in [6.45, 7) is 0. The standard InChI is InChI=1S/C24H21NO/c26-25-21-16-22(18-10-4-1-5-11-18)24(20-14-8-3-9-15-20)23(17-21)19-12-6-2-7-13-19/h1-16,23-24,26H,17H2/b25-21-/t23-,24+/m1/s1. The number of rotatable bonds is 3. The van der Waals surface area contributed by atoms with E-state index in [1.807, 2.05) is 18.2 Å². The van der Waals surface area contributed by atoms with Gasteiger partial charge in [-0.2, -0.15) is 0 Å². The van der Waals surface area contributed by atoms with E-state index < -0.39 is 0 Å². The third-order valence-electron chi connectivity index (χ3n) is 5.11. The third kappa shape index (κ3) is 3.18. The molecule has 1 N–H and O–H groups in total. The lowest BCUT2D eigenvalue weighted by atomic mass is 9.69. The molecule has 3 aromatic carbocycles. The summed E-state index contributed by atoms with van der Waals surface area (Å²) in [5.74, 6) is 0.441. The van der Waals surface area contributed by atoms with Crippen LogP contribution in [-0.2, 0) is 0 Å². The molecule has 4 rings (SSSR count). The maximum Gasteiger partial charge on any atom is 0.0805 e. The molecule has 0 fully saturated rings. The smallest absolute Gasteiger partial charge is 0.0805 e. The summed E-state index contributed by atoms with van der Waals surface area (Å²) >= 11 is 0. The van der Waals surface area contributed by atoms with Crippen LogP contribution >= 0.6 is 0 Å². The van der Waals surface area contributed by atoms with Gasteiger partial charge in [-0.3, -0.25) is 0 Å². The summed E-state index contributed by atoms with van der Waals surface area (Å²) in [6.07, 6.45) is 2.77. The Morgan fingerprint density at radius 1 is 0.692 bits per heavy atom. The number of hydrogen-bond acceptors (Lipinski definition) is 2. The summed E-state index contributed by atoms with van der Waals surface area (Å²) in [6, 6.07) is 31.6. The highest BCUT2D eigenvalue weighted by atomic mass is 16.4. The molecule has 2 nitrogen and oxygen atoms in total. The second kappa shape index (κ2) is 7.40. The van der Waals surface area contributed by atoms with E-state index >= 15 is 0 Å². The lowest BCUT2D eigenvalue weighted by Crippen LogP contribution is -2.22. The van der Waals surface area contributed by atoms with Crippen LogP contribution in [0.5, 0.6) is 0 Å². The van der Waals surface area contributed by atoms with Crippen molar-refractivity contribution in [2.24, 2.45) is 5.16 Å². The molecule has 0 saturated heterocycles. The van der Waals surface area contributed by atoms with Gasteiger partial charge in [0.05, 0.1) is 5.71 Å². The highest BCUT2D eigenvalue weighted by Crippen LogP contribution is 2.47. The Kier molecular flexibility index (Phi) is 4.65. The van der Waals surface area contributed by atoms with Crippen molar-refractivity contribution in [3.8, 4) is 0 Å². The zero-order valence-corrected chi connectivity index (χ0v) is 14.5. The van der Waals surface area contributed by atoms with Crippen LogP contribution in [0.25, 0.3) is 5.57 Å². The first-order valence-electron chi connectivity index (χ1n) is 8.94. The van der Waals surface area contributed by atoms with E-state index in [9.17, 15) is 5.21 Å². The van der Waals surface area contributed by atoms with Gasteiger partial charge < -0.3 is 5.21 Å². The van der Waals surface area contributed by atoms with Crippen LogP contribution in [0.3, 0.4) is 0 Å². The Labute approximate surface area is 154 Å². The molecule has 2 atom stereocenters.